The largest absolute Gasteiger partial charge is 0.399 e. The van der Waals surface area contributed by atoms with Crippen LogP contribution in [-0.2, 0) is 0 Å². The third-order valence-corrected chi connectivity index (χ3v) is 2.61. The van der Waals surface area contributed by atoms with Crippen LogP contribution >= 0.6 is 0 Å². The molecular formula is C10H16N4. The summed E-state index contributed by atoms with van der Waals surface area (Å²) in [5.41, 5.74) is 7.64. The fourth-order valence-electron chi connectivity index (χ4n) is 1.75. The summed E-state index contributed by atoms with van der Waals surface area (Å²) in [6.07, 6.45) is 0. The van der Waals surface area contributed by atoms with Gasteiger partial charge in [0.2, 0.25) is 0 Å². The SMILES string of the molecule is Nc1ccc(C2CNCCN2N)cc1. The van der Waals surface area contributed by atoms with Crippen molar-refractivity contribution in [3.8, 4) is 0 Å². The Morgan fingerprint density at radius 2 is 2.00 bits per heavy atom. The van der Waals surface area contributed by atoms with E-state index >= 15 is 0 Å². The van der Waals surface area contributed by atoms with Crippen LogP contribution in [0.2, 0.25) is 0 Å². The summed E-state index contributed by atoms with van der Waals surface area (Å²) < 4.78 is 0. The molecule has 1 heterocycles. The molecule has 14 heavy (non-hydrogen) atoms. The summed E-state index contributed by atoms with van der Waals surface area (Å²) in [6, 6.07) is 8.17. The van der Waals surface area contributed by atoms with Gasteiger partial charge in [-0.2, -0.15) is 0 Å². The van der Waals surface area contributed by atoms with Crippen molar-refractivity contribution < 1.29 is 0 Å². The molecule has 1 fully saturated rings. The number of nitrogens with two attached hydrogens (primary N) is 2. The minimum Gasteiger partial charge on any atom is -0.399 e. The van der Waals surface area contributed by atoms with E-state index in [2.05, 4.69) is 5.32 Å². The highest BCUT2D eigenvalue weighted by molar-refractivity contribution is 5.40. The second-order valence-corrected chi connectivity index (χ2v) is 3.62. The van der Waals surface area contributed by atoms with Crippen LogP contribution in [0.1, 0.15) is 11.6 Å². The van der Waals surface area contributed by atoms with Crippen molar-refractivity contribution in [2.24, 2.45) is 5.84 Å². The first kappa shape index (κ1) is 9.45. The van der Waals surface area contributed by atoms with Gasteiger partial charge in [-0.15, -0.1) is 0 Å². The number of piperazine rings is 1. The van der Waals surface area contributed by atoms with E-state index in [0.717, 1.165) is 25.3 Å². The predicted octanol–water partition coefficient (Wildman–Crippen LogP) is 0.0888. The van der Waals surface area contributed by atoms with E-state index in [4.69, 9.17) is 11.6 Å². The lowest BCUT2D eigenvalue weighted by molar-refractivity contribution is 0.165. The molecule has 1 aliphatic heterocycles. The lowest BCUT2D eigenvalue weighted by atomic mass is 10.0. The number of hydrogen-bond acceptors (Lipinski definition) is 4. The van der Waals surface area contributed by atoms with Crippen molar-refractivity contribution in [2.75, 3.05) is 25.4 Å². The molecule has 1 aromatic rings. The van der Waals surface area contributed by atoms with Gasteiger partial charge in [-0.3, -0.25) is 5.84 Å². The van der Waals surface area contributed by atoms with Gasteiger partial charge >= 0.3 is 0 Å². The number of anilines is 1. The predicted molar refractivity (Wildman–Crippen MR) is 57.4 cm³/mol. The zero-order valence-electron chi connectivity index (χ0n) is 8.11. The quantitative estimate of drug-likeness (QED) is 0.436. The average molecular weight is 192 g/mol. The maximum absolute atomic E-state index is 5.91. The highest BCUT2D eigenvalue weighted by atomic mass is 15.4. The highest BCUT2D eigenvalue weighted by Gasteiger charge is 2.20. The van der Waals surface area contributed by atoms with Crippen LogP contribution in [0.25, 0.3) is 0 Å². The lowest BCUT2D eigenvalue weighted by Gasteiger charge is -2.32. The molecule has 5 N–H and O–H groups in total. The molecule has 0 bridgehead atoms. The van der Waals surface area contributed by atoms with Crippen LogP contribution in [0.4, 0.5) is 5.69 Å². The summed E-state index contributed by atoms with van der Waals surface area (Å²) >= 11 is 0. The fourth-order valence-corrected chi connectivity index (χ4v) is 1.75. The second kappa shape index (κ2) is 3.96. The third kappa shape index (κ3) is 1.87. The van der Waals surface area contributed by atoms with Crippen molar-refractivity contribution in [1.29, 1.82) is 0 Å². The molecule has 0 saturated carbocycles. The monoisotopic (exact) mass is 192 g/mol. The zero-order valence-corrected chi connectivity index (χ0v) is 8.11. The number of nitrogens with one attached hydrogen (secondary N) is 1. The Balaban J connectivity index is 2.16. The van der Waals surface area contributed by atoms with Crippen LogP contribution in [0, 0.1) is 0 Å². The number of nitrogens with zero attached hydrogens (tertiary/aromatic N) is 1. The van der Waals surface area contributed by atoms with Gasteiger partial charge in [0.05, 0.1) is 6.04 Å². The van der Waals surface area contributed by atoms with Crippen LogP contribution in [0.5, 0.6) is 0 Å². The Kier molecular flexibility index (Phi) is 2.67. The van der Waals surface area contributed by atoms with Crippen LogP contribution in [0.3, 0.4) is 0 Å². The molecule has 76 valence electrons. The third-order valence-electron chi connectivity index (χ3n) is 2.61. The van der Waals surface area contributed by atoms with Gasteiger partial charge in [0.15, 0.2) is 0 Å². The molecule has 1 aliphatic rings. The van der Waals surface area contributed by atoms with Crippen molar-refractivity contribution in [3.63, 3.8) is 0 Å². The fraction of sp³-hybridized carbons (Fsp3) is 0.400. The topological polar surface area (TPSA) is 67.3 Å². The molecule has 0 aromatic heterocycles. The van der Waals surface area contributed by atoms with Gasteiger partial charge in [-0.25, -0.2) is 5.01 Å². The Morgan fingerprint density at radius 1 is 1.29 bits per heavy atom. The number of hydrazine groups is 1. The Bertz CT molecular complexity index is 295. The van der Waals surface area contributed by atoms with Crippen LogP contribution in [-0.4, -0.2) is 24.6 Å². The highest BCUT2D eigenvalue weighted by Crippen LogP contribution is 2.19. The van der Waals surface area contributed by atoms with E-state index in [1.54, 1.807) is 0 Å². The van der Waals surface area contributed by atoms with Crippen LogP contribution in [0.15, 0.2) is 24.3 Å². The lowest BCUT2D eigenvalue weighted by Crippen LogP contribution is -2.49. The molecule has 1 atom stereocenters. The summed E-state index contributed by atoms with van der Waals surface area (Å²) in [6.45, 7) is 2.75. The Labute approximate surface area is 83.8 Å². The molecule has 4 heteroatoms. The summed E-state index contributed by atoms with van der Waals surface area (Å²) in [5, 5.41) is 5.20. The molecule has 1 saturated heterocycles. The number of nitrogen functional groups attached to an aromatic ring is 1. The Morgan fingerprint density at radius 3 is 2.64 bits per heavy atom. The Hall–Kier alpha value is -1.10. The van der Waals surface area contributed by atoms with E-state index in [1.165, 1.54) is 5.56 Å². The van der Waals surface area contributed by atoms with Gasteiger partial charge in [-0.05, 0) is 17.7 Å². The molecule has 0 aliphatic carbocycles. The average Bonchev–Trinajstić information content (AvgIpc) is 2.20. The molecule has 4 nitrogen and oxygen atoms in total. The van der Waals surface area contributed by atoms with E-state index in [-0.39, 0.29) is 6.04 Å². The maximum atomic E-state index is 5.91. The normalized spacial score (nSPS) is 23.6. The van der Waals surface area contributed by atoms with Crippen molar-refractivity contribution in [3.05, 3.63) is 29.8 Å². The molecule has 0 radical (unpaired) electrons. The van der Waals surface area contributed by atoms with Gasteiger partial charge in [0.1, 0.15) is 0 Å². The molecule has 0 amide bonds. The molecule has 1 unspecified atom stereocenters. The van der Waals surface area contributed by atoms with Gasteiger partial charge in [0.25, 0.3) is 0 Å². The molecule has 0 spiro atoms. The molecule has 2 rings (SSSR count). The summed E-state index contributed by atoms with van der Waals surface area (Å²) in [5.74, 6) is 5.91. The number of rotatable bonds is 1. The smallest absolute Gasteiger partial charge is 0.0615 e. The summed E-state index contributed by atoms with van der Waals surface area (Å²) in [4.78, 5) is 0. The van der Waals surface area contributed by atoms with Crippen LogP contribution < -0.4 is 16.9 Å². The minimum absolute atomic E-state index is 0.268. The molecular weight excluding hydrogens is 176 g/mol. The van der Waals surface area contributed by atoms with Gasteiger partial charge in [0, 0.05) is 25.3 Å². The first-order valence-corrected chi connectivity index (χ1v) is 4.85. The van der Waals surface area contributed by atoms with Gasteiger partial charge < -0.3 is 11.1 Å². The maximum Gasteiger partial charge on any atom is 0.0615 e. The second-order valence-electron chi connectivity index (χ2n) is 3.62. The number of benzene rings is 1. The van der Waals surface area contributed by atoms with Gasteiger partial charge in [-0.1, -0.05) is 12.1 Å². The van der Waals surface area contributed by atoms with E-state index < -0.39 is 0 Å². The number of hydrogen-bond donors (Lipinski definition) is 3. The first-order chi connectivity index (χ1) is 6.77. The van der Waals surface area contributed by atoms with E-state index in [9.17, 15) is 0 Å². The van der Waals surface area contributed by atoms with E-state index in [1.807, 2.05) is 29.3 Å². The van der Waals surface area contributed by atoms with Crippen molar-refractivity contribution >= 4 is 5.69 Å². The zero-order chi connectivity index (χ0) is 9.97. The standard InChI is InChI=1S/C10H16N4/c11-9-3-1-8(2-4-9)10-7-13-5-6-14(10)12/h1-4,10,13H,5-7,11-12H2. The first-order valence-electron chi connectivity index (χ1n) is 4.85. The molecule has 1 aromatic carbocycles. The van der Waals surface area contributed by atoms with E-state index in [0.29, 0.717) is 0 Å². The summed E-state index contributed by atoms with van der Waals surface area (Å²) in [7, 11) is 0. The van der Waals surface area contributed by atoms with Crippen molar-refractivity contribution in [1.82, 2.24) is 10.3 Å². The van der Waals surface area contributed by atoms with Crippen molar-refractivity contribution in [2.45, 2.75) is 6.04 Å². The minimum atomic E-state index is 0.268.